The Balaban J connectivity index is 2.11. The topological polar surface area (TPSA) is 34.1 Å². The van der Waals surface area contributed by atoms with Crippen molar-refractivity contribution in [1.82, 2.24) is 10.3 Å². The van der Waals surface area contributed by atoms with Gasteiger partial charge in [0.15, 0.2) is 0 Å². The number of nitrogens with zero attached hydrogens (tertiary/aromatic N) is 1. The number of hydrogen-bond donors (Lipinski definition) is 1. The van der Waals surface area contributed by atoms with Gasteiger partial charge in [-0.2, -0.15) is 0 Å². The highest BCUT2D eigenvalue weighted by Gasteiger charge is 2.30. The summed E-state index contributed by atoms with van der Waals surface area (Å²) in [4.78, 5) is 6.25. The summed E-state index contributed by atoms with van der Waals surface area (Å²) in [6.45, 7) is 12.4. The molecule has 0 bridgehead atoms. The van der Waals surface area contributed by atoms with Gasteiger partial charge in [0.1, 0.15) is 11.1 Å². The van der Waals surface area contributed by atoms with Crippen molar-refractivity contribution in [3.8, 4) is 0 Å². The smallest absolute Gasteiger partial charge is 0.122 e. The summed E-state index contributed by atoms with van der Waals surface area (Å²) in [5.74, 6) is 0.704. The molecule has 0 radical (unpaired) electrons. The zero-order chi connectivity index (χ0) is 14.0. The largest absolute Gasteiger partial charge is 0.372 e. The maximum atomic E-state index is 5.67. The Morgan fingerprint density at radius 1 is 1.42 bits per heavy atom. The van der Waals surface area contributed by atoms with E-state index in [4.69, 9.17) is 9.72 Å². The number of hydrogen-bond acceptors (Lipinski definition) is 4. The standard InChI is InChI=1S/C15H26N2OS/c1-6-18-10(2)14-17-13(11-7-8-11)12(19-14)9-16-15(3,4)5/h10-11,16H,6-9H2,1-5H3. The van der Waals surface area contributed by atoms with E-state index in [9.17, 15) is 0 Å². The Bertz CT molecular complexity index is 418. The molecule has 1 unspecified atom stereocenters. The Labute approximate surface area is 120 Å². The molecule has 1 atom stereocenters. The predicted octanol–water partition coefficient (Wildman–Crippen LogP) is 4.01. The van der Waals surface area contributed by atoms with E-state index in [0.29, 0.717) is 5.92 Å². The van der Waals surface area contributed by atoms with E-state index in [2.05, 4.69) is 33.0 Å². The van der Waals surface area contributed by atoms with Crippen LogP contribution in [0.25, 0.3) is 0 Å². The van der Waals surface area contributed by atoms with Gasteiger partial charge in [-0.3, -0.25) is 0 Å². The fraction of sp³-hybridized carbons (Fsp3) is 0.800. The SMILES string of the molecule is CCOC(C)c1nc(C2CC2)c(CNC(C)(C)C)s1. The van der Waals surface area contributed by atoms with Crippen LogP contribution in [0.4, 0.5) is 0 Å². The summed E-state index contributed by atoms with van der Waals surface area (Å²) < 4.78 is 5.67. The van der Waals surface area contributed by atoms with Gasteiger partial charge in [0.2, 0.25) is 0 Å². The highest BCUT2D eigenvalue weighted by atomic mass is 32.1. The van der Waals surface area contributed by atoms with Crippen LogP contribution in [0.1, 0.15) is 75.1 Å². The Morgan fingerprint density at radius 2 is 2.11 bits per heavy atom. The van der Waals surface area contributed by atoms with Crippen molar-refractivity contribution in [1.29, 1.82) is 0 Å². The monoisotopic (exact) mass is 282 g/mol. The Morgan fingerprint density at radius 3 is 2.63 bits per heavy atom. The lowest BCUT2D eigenvalue weighted by molar-refractivity contribution is 0.0761. The molecule has 1 aliphatic carbocycles. The van der Waals surface area contributed by atoms with Gasteiger partial charge in [-0.1, -0.05) is 0 Å². The molecule has 1 aromatic heterocycles. The van der Waals surface area contributed by atoms with Crippen molar-refractivity contribution in [2.24, 2.45) is 0 Å². The van der Waals surface area contributed by atoms with Crippen LogP contribution >= 0.6 is 11.3 Å². The average Bonchev–Trinajstić information content (AvgIpc) is 3.06. The van der Waals surface area contributed by atoms with Crippen molar-refractivity contribution in [3.05, 3.63) is 15.6 Å². The van der Waals surface area contributed by atoms with Crippen LogP contribution in [-0.4, -0.2) is 17.1 Å². The molecule has 1 saturated carbocycles. The van der Waals surface area contributed by atoms with Crippen LogP contribution in [0.15, 0.2) is 0 Å². The number of aromatic nitrogens is 1. The van der Waals surface area contributed by atoms with Crippen molar-refractivity contribution >= 4 is 11.3 Å². The Kier molecular flexibility index (Phi) is 4.64. The van der Waals surface area contributed by atoms with Gasteiger partial charge in [0, 0.05) is 29.5 Å². The third kappa shape index (κ3) is 4.26. The lowest BCUT2D eigenvalue weighted by Gasteiger charge is -2.20. The minimum Gasteiger partial charge on any atom is -0.372 e. The van der Waals surface area contributed by atoms with Crippen LogP contribution in [0.2, 0.25) is 0 Å². The van der Waals surface area contributed by atoms with Crippen molar-refractivity contribution in [3.63, 3.8) is 0 Å². The van der Waals surface area contributed by atoms with Gasteiger partial charge in [-0.15, -0.1) is 11.3 Å². The summed E-state index contributed by atoms with van der Waals surface area (Å²) in [6, 6.07) is 0. The normalized spacial score (nSPS) is 17.7. The first-order chi connectivity index (χ1) is 8.90. The van der Waals surface area contributed by atoms with Crippen molar-refractivity contribution < 1.29 is 4.74 Å². The maximum absolute atomic E-state index is 5.67. The molecule has 0 aromatic carbocycles. The molecule has 19 heavy (non-hydrogen) atoms. The van der Waals surface area contributed by atoms with E-state index in [1.165, 1.54) is 23.4 Å². The number of nitrogens with one attached hydrogen (secondary N) is 1. The second kappa shape index (κ2) is 5.90. The lowest BCUT2D eigenvalue weighted by atomic mass is 10.1. The lowest BCUT2D eigenvalue weighted by Crippen LogP contribution is -2.35. The summed E-state index contributed by atoms with van der Waals surface area (Å²) in [7, 11) is 0. The molecule has 0 aliphatic heterocycles. The second-order valence-electron chi connectivity index (χ2n) is 6.34. The quantitative estimate of drug-likeness (QED) is 0.856. The fourth-order valence-electron chi connectivity index (χ4n) is 2.03. The molecule has 0 amide bonds. The zero-order valence-electron chi connectivity index (χ0n) is 12.7. The molecular weight excluding hydrogens is 256 g/mol. The molecule has 1 fully saturated rings. The van der Waals surface area contributed by atoms with Gasteiger partial charge in [0.25, 0.3) is 0 Å². The van der Waals surface area contributed by atoms with Gasteiger partial charge >= 0.3 is 0 Å². The predicted molar refractivity (Wildman–Crippen MR) is 80.7 cm³/mol. The maximum Gasteiger partial charge on any atom is 0.122 e. The average molecular weight is 282 g/mol. The summed E-state index contributed by atoms with van der Waals surface area (Å²) in [6.07, 6.45) is 2.72. The molecule has 3 nitrogen and oxygen atoms in total. The molecule has 4 heteroatoms. The van der Waals surface area contributed by atoms with E-state index in [-0.39, 0.29) is 11.6 Å². The van der Waals surface area contributed by atoms with Crippen LogP contribution in [-0.2, 0) is 11.3 Å². The third-order valence-electron chi connectivity index (χ3n) is 3.25. The minimum atomic E-state index is 0.121. The van der Waals surface area contributed by atoms with Crippen LogP contribution in [0, 0.1) is 0 Å². The first-order valence-corrected chi connectivity index (χ1v) is 8.08. The van der Waals surface area contributed by atoms with Gasteiger partial charge < -0.3 is 10.1 Å². The molecule has 1 aromatic rings. The first-order valence-electron chi connectivity index (χ1n) is 7.27. The molecule has 1 aliphatic rings. The van der Waals surface area contributed by atoms with Gasteiger partial charge in [-0.05, 0) is 47.5 Å². The van der Waals surface area contributed by atoms with Crippen LogP contribution in [0.3, 0.4) is 0 Å². The highest BCUT2D eigenvalue weighted by Crippen LogP contribution is 2.43. The Hall–Kier alpha value is -0.450. The third-order valence-corrected chi connectivity index (χ3v) is 4.48. The summed E-state index contributed by atoms with van der Waals surface area (Å²) in [5.41, 5.74) is 1.47. The van der Waals surface area contributed by atoms with E-state index in [0.717, 1.165) is 18.2 Å². The summed E-state index contributed by atoms with van der Waals surface area (Å²) >= 11 is 1.82. The number of thiazole rings is 1. The van der Waals surface area contributed by atoms with Crippen molar-refractivity contribution in [2.45, 2.75) is 71.6 Å². The van der Waals surface area contributed by atoms with Crippen LogP contribution < -0.4 is 5.32 Å². The molecule has 2 rings (SSSR count). The van der Waals surface area contributed by atoms with E-state index < -0.39 is 0 Å². The molecule has 0 saturated heterocycles. The molecule has 108 valence electrons. The number of rotatable bonds is 6. The molecule has 1 heterocycles. The van der Waals surface area contributed by atoms with Crippen molar-refractivity contribution in [2.75, 3.05) is 6.61 Å². The summed E-state index contributed by atoms with van der Waals surface area (Å²) in [5, 5.41) is 4.71. The van der Waals surface area contributed by atoms with Gasteiger partial charge in [0.05, 0.1) is 5.69 Å². The second-order valence-corrected chi connectivity index (χ2v) is 7.45. The molecular formula is C15H26N2OS. The van der Waals surface area contributed by atoms with E-state index >= 15 is 0 Å². The number of ether oxygens (including phenoxy) is 1. The van der Waals surface area contributed by atoms with E-state index in [1.54, 1.807) is 0 Å². The first kappa shape index (κ1) is 14.9. The molecule has 0 spiro atoms. The minimum absolute atomic E-state index is 0.121. The molecule has 1 N–H and O–H groups in total. The highest BCUT2D eigenvalue weighted by molar-refractivity contribution is 7.11. The zero-order valence-corrected chi connectivity index (χ0v) is 13.6. The van der Waals surface area contributed by atoms with Gasteiger partial charge in [-0.25, -0.2) is 4.98 Å². The fourth-order valence-corrected chi connectivity index (χ4v) is 3.12. The van der Waals surface area contributed by atoms with E-state index in [1.807, 2.05) is 18.3 Å². The van der Waals surface area contributed by atoms with Crippen LogP contribution in [0.5, 0.6) is 0 Å².